The van der Waals surface area contributed by atoms with Crippen LogP contribution in [0.15, 0.2) is 0 Å². The third kappa shape index (κ3) is 20.3. The van der Waals surface area contributed by atoms with E-state index >= 15 is 0 Å². The van der Waals surface area contributed by atoms with Crippen LogP contribution in [0.3, 0.4) is 0 Å². The standard InChI is InChI=1S/C7H14O5.C3H4O3.CO2/c1-9-3-4-11-5-6-12-7(8)10-2;4-3-5-1-2-6-3;2-1-3/h3-6H2,1-2H3;1-2H2;. The lowest BCUT2D eigenvalue weighted by molar-refractivity contribution is -0.191. The Hall–Kier alpha value is -2.16. The zero-order chi connectivity index (χ0) is 16.3. The van der Waals surface area contributed by atoms with Crippen molar-refractivity contribution in [3.05, 3.63) is 0 Å². The summed E-state index contributed by atoms with van der Waals surface area (Å²) in [5.41, 5.74) is 0. The van der Waals surface area contributed by atoms with Crippen LogP contribution in [-0.2, 0) is 38.0 Å². The molecule has 1 saturated heterocycles. The van der Waals surface area contributed by atoms with Crippen molar-refractivity contribution in [2.75, 3.05) is 53.9 Å². The molecule has 0 aromatic carbocycles. The van der Waals surface area contributed by atoms with Crippen LogP contribution in [0.4, 0.5) is 9.59 Å². The normalized spacial score (nSPS) is 11.4. The van der Waals surface area contributed by atoms with Crippen molar-refractivity contribution in [3.63, 3.8) is 0 Å². The van der Waals surface area contributed by atoms with Crippen LogP contribution in [0.5, 0.6) is 0 Å². The van der Waals surface area contributed by atoms with Gasteiger partial charge in [0.05, 0.1) is 26.9 Å². The lowest BCUT2D eigenvalue weighted by Gasteiger charge is -2.03. The Kier molecular flexibility index (Phi) is 18.0. The molecule has 0 spiro atoms. The van der Waals surface area contributed by atoms with Crippen LogP contribution in [-0.4, -0.2) is 72.3 Å². The summed E-state index contributed by atoms with van der Waals surface area (Å²) in [6, 6.07) is 0. The molecular formula is C11H18O10. The fourth-order valence-corrected chi connectivity index (χ4v) is 0.779. The molecule has 0 atom stereocenters. The Morgan fingerprint density at radius 2 is 1.62 bits per heavy atom. The van der Waals surface area contributed by atoms with Gasteiger partial charge in [-0.3, -0.25) is 0 Å². The Balaban J connectivity index is 0. The lowest BCUT2D eigenvalue weighted by Crippen LogP contribution is -2.12. The maximum Gasteiger partial charge on any atom is 0.508 e. The van der Waals surface area contributed by atoms with Crippen LogP contribution >= 0.6 is 0 Å². The number of methoxy groups -OCH3 is 2. The summed E-state index contributed by atoms with van der Waals surface area (Å²) >= 11 is 0. The maximum atomic E-state index is 10.4. The van der Waals surface area contributed by atoms with Gasteiger partial charge in [-0.05, 0) is 0 Å². The van der Waals surface area contributed by atoms with Crippen LogP contribution in [0, 0.1) is 0 Å². The number of rotatable bonds is 6. The first-order valence-corrected chi connectivity index (χ1v) is 5.68. The van der Waals surface area contributed by atoms with Gasteiger partial charge in [-0.1, -0.05) is 0 Å². The van der Waals surface area contributed by atoms with Gasteiger partial charge >= 0.3 is 18.5 Å². The van der Waals surface area contributed by atoms with E-state index in [4.69, 9.17) is 19.1 Å². The summed E-state index contributed by atoms with van der Waals surface area (Å²) in [7, 11) is 2.85. The Morgan fingerprint density at radius 1 is 1.10 bits per heavy atom. The van der Waals surface area contributed by atoms with E-state index in [1.165, 1.54) is 7.11 Å². The molecule has 21 heavy (non-hydrogen) atoms. The number of hydrogen-bond donors (Lipinski definition) is 0. The fraction of sp³-hybridized carbons (Fsp3) is 0.727. The van der Waals surface area contributed by atoms with Gasteiger partial charge in [0.15, 0.2) is 0 Å². The van der Waals surface area contributed by atoms with Gasteiger partial charge in [0.25, 0.3) is 0 Å². The number of carbonyl (C=O) groups is 2. The molecule has 0 aromatic rings. The number of carbonyl (C=O) groups excluding carboxylic acids is 4. The second-order valence-electron chi connectivity index (χ2n) is 2.94. The molecule has 0 bridgehead atoms. The van der Waals surface area contributed by atoms with E-state index in [9.17, 15) is 9.59 Å². The van der Waals surface area contributed by atoms with Gasteiger partial charge in [-0.25, -0.2) is 9.59 Å². The highest BCUT2D eigenvalue weighted by atomic mass is 16.8. The topological polar surface area (TPSA) is 124 Å². The summed E-state index contributed by atoms with van der Waals surface area (Å²) in [4.78, 5) is 36.4. The molecule has 1 heterocycles. The molecule has 1 fully saturated rings. The summed E-state index contributed by atoms with van der Waals surface area (Å²) in [5.74, 6) is 0. The zero-order valence-electron chi connectivity index (χ0n) is 11.8. The highest BCUT2D eigenvalue weighted by molar-refractivity contribution is 5.61. The third-order valence-electron chi connectivity index (χ3n) is 1.57. The number of hydrogen-bond acceptors (Lipinski definition) is 10. The van der Waals surface area contributed by atoms with E-state index in [-0.39, 0.29) is 12.8 Å². The van der Waals surface area contributed by atoms with Gasteiger partial charge in [-0.15, -0.1) is 0 Å². The third-order valence-corrected chi connectivity index (χ3v) is 1.57. The van der Waals surface area contributed by atoms with Crippen molar-refractivity contribution in [2.24, 2.45) is 0 Å². The Morgan fingerprint density at radius 3 is 2.00 bits per heavy atom. The molecular weight excluding hydrogens is 292 g/mol. The van der Waals surface area contributed by atoms with E-state index in [0.717, 1.165) is 0 Å². The molecule has 0 N–H and O–H groups in total. The van der Waals surface area contributed by atoms with Crippen LogP contribution in [0.25, 0.3) is 0 Å². The van der Waals surface area contributed by atoms with Crippen molar-refractivity contribution in [1.29, 1.82) is 0 Å². The minimum absolute atomic E-state index is 0.205. The fourth-order valence-electron chi connectivity index (χ4n) is 0.779. The molecule has 0 radical (unpaired) electrons. The highest BCUT2D eigenvalue weighted by Gasteiger charge is 2.09. The van der Waals surface area contributed by atoms with Gasteiger partial charge in [0, 0.05) is 7.11 Å². The highest BCUT2D eigenvalue weighted by Crippen LogP contribution is 1.92. The molecule has 0 aliphatic carbocycles. The predicted octanol–water partition coefficient (Wildman–Crippen LogP) is 0.00210. The summed E-state index contributed by atoms with van der Waals surface area (Å²) in [6.07, 6.45) is -0.986. The summed E-state index contributed by atoms with van der Waals surface area (Å²) in [5, 5.41) is 0. The number of ether oxygens (including phenoxy) is 6. The van der Waals surface area contributed by atoms with Crippen LogP contribution < -0.4 is 0 Å². The zero-order valence-corrected chi connectivity index (χ0v) is 11.8. The molecule has 0 aromatic heterocycles. The quantitative estimate of drug-likeness (QED) is 0.489. The van der Waals surface area contributed by atoms with E-state index in [1.54, 1.807) is 7.11 Å². The van der Waals surface area contributed by atoms with Crippen LogP contribution in [0.2, 0.25) is 0 Å². The minimum atomic E-state index is -0.689. The van der Waals surface area contributed by atoms with Crippen molar-refractivity contribution >= 4 is 18.5 Å². The molecule has 10 nitrogen and oxygen atoms in total. The van der Waals surface area contributed by atoms with Crippen molar-refractivity contribution in [2.45, 2.75) is 0 Å². The predicted molar refractivity (Wildman–Crippen MR) is 63.4 cm³/mol. The molecule has 1 rings (SSSR count). The van der Waals surface area contributed by atoms with E-state index in [1.807, 2.05) is 0 Å². The summed E-state index contributed by atoms with van der Waals surface area (Å²) in [6.45, 7) is 2.44. The average Bonchev–Trinajstić information content (AvgIpc) is 2.95. The smallest absolute Gasteiger partial charge is 0.438 e. The minimum Gasteiger partial charge on any atom is -0.438 e. The first-order valence-electron chi connectivity index (χ1n) is 5.68. The molecule has 0 unspecified atom stereocenters. The molecule has 1 aliphatic heterocycles. The lowest BCUT2D eigenvalue weighted by atomic mass is 10.7. The summed E-state index contributed by atoms with van der Waals surface area (Å²) < 4.78 is 27.1. The number of cyclic esters (lactones) is 2. The van der Waals surface area contributed by atoms with Crippen molar-refractivity contribution in [3.8, 4) is 0 Å². The second-order valence-corrected chi connectivity index (χ2v) is 2.94. The Labute approximate surface area is 121 Å². The van der Waals surface area contributed by atoms with Gasteiger partial charge in [0.2, 0.25) is 0 Å². The second kappa shape index (κ2) is 17.8. The SMILES string of the molecule is COCCOCCOC(=O)OC.O=C1OCCO1.O=C=O. The van der Waals surface area contributed by atoms with E-state index in [0.29, 0.717) is 33.0 Å². The first-order chi connectivity index (χ1) is 10.1. The molecule has 0 amide bonds. The van der Waals surface area contributed by atoms with E-state index in [2.05, 4.69) is 18.9 Å². The van der Waals surface area contributed by atoms with Crippen LogP contribution in [0.1, 0.15) is 0 Å². The van der Waals surface area contributed by atoms with Gasteiger partial charge in [-0.2, -0.15) is 9.59 Å². The van der Waals surface area contributed by atoms with Gasteiger partial charge in [0.1, 0.15) is 19.8 Å². The average molecular weight is 310 g/mol. The monoisotopic (exact) mass is 310 g/mol. The van der Waals surface area contributed by atoms with Crippen molar-refractivity contribution < 1.29 is 47.6 Å². The molecule has 122 valence electrons. The molecule has 1 aliphatic rings. The van der Waals surface area contributed by atoms with Crippen molar-refractivity contribution in [1.82, 2.24) is 0 Å². The largest absolute Gasteiger partial charge is 0.508 e. The molecule has 10 heteroatoms. The maximum absolute atomic E-state index is 10.4. The van der Waals surface area contributed by atoms with E-state index < -0.39 is 12.3 Å². The first kappa shape index (κ1) is 21.1. The Bertz CT molecular complexity index is 289. The molecule has 0 saturated carbocycles. The van der Waals surface area contributed by atoms with Gasteiger partial charge < -0.3 is 28.4 Å².